The molecule has 0 bridgehead atoms. The summed E-state index contributed by atoms with van der Waals surface area (Å²) in [5.41, 5.74) is 2.01. The van der Waals surface area contributed by atoms with Crippen LogP contribution in [0, 0.1) is 6.92 Å². The van der Waals surface area contributed by atoms with Gasteiger partial charge < -0.3 is 9.80 Å². The summed E-state index contributed by atoms with van der Waals surface area (Å²) in [5.74, 6) is 0.302. The topological polar surface area (TPSA) is 23.6 Å². The number of ketones is 1. The van der Waals surface area contributed by atoms with E-state index in [1.165, 1.54) is 58.3 Å². The van der Waals surface area contributed by atoms with Crippen molar-refractivity contribution in [3.05, 3.63) is 35.4 Å². The standard InChI is InChI=1S/C21H32N2O/c1-18-8-3-4-9-20(18)21(24)10-7-13-22-16-11-19(12-17-22)23-14-5-2-6-15-23/h3-4,8-9,19H,2,5-7,10-17H2,1H3. The second-order valence-corrected chi connectivity index (χ2v) is 7.51. The number of carbonyl (C=O) groups is 1. The first-order chi connectivity index (χ1) is 11.7. The molecule has 1 aromatic carbocycles. The zero-order valence-corrected chi connectivity index (χ0v) is 15.2. The van der Waals surface area contributed by atoms with Gasteiger partial charge in [0.1, 0.15) is 0 Å². The molecule has 0 atom stereocenters. The Hall–Kier alpha value is -1.19. The van der Waals surface area contributed by atoms with E-state index >= 15 is 0 Å². The SMILES string of the molecule is Cc1ccccc1C(=O)CCCN1CCC(N2CCCCC2)CC1. The number of piperidine rings is 2. The van der Waals surface area contributed by atoms with Gasteiger partial charge in [0, 0.05) is 18.0 Å². The van der Waals surface area contributed by atoms with Crippen molar-refractivity contribution >= 4 is 5.78 Å². The Morgan fingerprint density at radius 3 is 2.46 bits per heavy atom. The van der Waals surface area contributed by atoms with Crippen LogP contribution in [0.15, 0.2) is 24.3 Å². The van der Waals surface area contributed by atoms with E-state index in [1.807, 2.05) is 31.2 Å². The Kier molecular flexibility index (Phi) is 6.44. The molecular weight excluding hydrogens is 296 g/mol. The van der Waals surface area contributed by atoms with E-state index in [2.05, 4.69) is 9.80 Å². The van der Waals surface area contributed by atoms with Crippen LogP contribution < -0.4 is 0 Å². The fourth-order valence-electron chi connectivity index (χ4n) is 4.28. The zero-order chi connectivity index (χ0) is 16.8. The number of hydrogen-bond donors (Lipinski definition) is 0. The van der Waals surface area contributed by atoms with Gasteiger partial charge in [-0.05, 0) is 77.3 Å². The van der Waals surface area contributed by atoms with E-state index in [0.29, 0.717) is 12.2 Å². The van der Waals surface area contributed by atoms with Crippen molar-refractivity contribution in [3.63, 3.8) is 0 Å². The molecule has 2 aliphatic rings. The summed E-state index contributed by atoms with van der Waals surface area (Å²) in [6, 6.07) is 8.76. The average Bonchev–Trinajstić information content (AvgIpc) is 2.63. The summed E-state index contributed by atoms with van der Waals surface area (Å²) in [6.45, 7) is 8.15. The van der Waals surface area contributed by atoms with E-state index in [4.69, 9.17) is 0 Å². The van der Waals surface area contributed by atoms with Crippen molar-refractivity contribution in [1.29, 1.82) is 0 Å². The second-order valence-electron chi connectivity index (χ2n) is 7.51. The van der Waals surface area contributed by atoms with E-state index < -0.39 is 0 Å². The van der Waals surface area contributed by atoms with Crippen LogP contribution in [-0.2, 0) is 0 Å². The third-order valence-corrected chi connectivity index (χ3v) is 5.79. The summed E-state index contributed by atoms with van der Waals surface area (Å²) in [4.78, 5) is 17.6. The van der Waals surface area contributed by atoms with Crippen molar-refractivity contribution in [2.24, 2.45) is 0 Å². The number of Topliss-reactive ketones (excluding diaryl/α,β-unsaturated/α-hetero) is 1. The maximum atomic E-state index is 12.3. The molecule has 132 valence electrons. The molecule has 2 heterocycles. The minimum atomic E-state index is 0.302. The lowest BCUT2D eigenvalue weighted by Crippen LogP contribution is -2.46. The Bertz CT molecular complexity index is 528. The van der Waals surface area contributed by atoms with Crippen LogP contribution in [0.5, 0.6) is 0 Å². The lowest BCUT2D eigenvalue weighted by atomic mass is 9.99. The molecule has 3 rings (SSSR count). The molecule has 2 fully saturated rings. The van der Waals surface area contributed by atoms with Gasteiger partial charge in [0.15, 0.2) is 5.78 Å². The first-order valence-electron chi connectivity index (χ1n) is 9.79. The number of benzene rings is 1. The highest BCUT2D eigenvalue weighted by atomic mass is 16.1. The van der Waals surface area contributed by atoms with Crippen LogP contribution in [0.3, 0.4) is 0 Å². The number of carbonyl (C=O) groups excluding carboxylic acids is 1. The Morgan fingerprint density at radius 2 is 1.75 bits per heavy atom. The maximum absolute atomic E-state index is 12.3. The van der Waals surface area contributed by atoms with Gasteiger partial charge in [0.2, 0.25) is 0 Å². The Morgan fingerprint density at radius 1 is 1.04 bits per heavy atom. The van der Waals surface area contributed by atoms with Crippen LogP contribution in [0.25, 0.3) is 0 Å². The normalized spacial score (nSPS) is 21.0. The fraction of sp³-hybridized carbons (Fsp3) is 0.667. The average molecular weight is 329 g/mol. The summed E-state index contributed by atoms with van der Waals surface area (Å²) in [5, 5.41) is 0. The molecule has 1 aromatic rings. The lowest BCUT2D eigenvalue weighted by Gasteiger charge is -2.40. The van der Waals surface area contributed by atoms with Crippen LogP contribution in [0.2, 0.25) is 0 Å². The van der Waals surface area contributed by atoms with Crippen molar-refractivity contribution in [2.45, 2.75) is 57.9 Å². The molecule has 2 saturated heterocycles. The molecule has 0 N–H and O–H groups in total. The third-order valence-electron chi connectivity index (χ3n) is 5.79. The van der Waals surface area contributed by atoms with Crippen LogP contribution in [0.1, 0.15) is 60.9 Å². The second kappa shape index (κ2) is 8.77. The number of rotatable bonds is 6. The van der Waals surface area contributed by atoms with Crippen LogP contribution in [0.4, 0.5) is 0 Å². The van der Waals surface area contributed by atoms with E-state index in [9.17, 15) is 4.79 Å². The number of nitrogens with zero attached hydrogens (tertiary/aromatic N) is 2. The molecule has 0 aliphatic carbocycles. The van der Waals surface area contributed by atoms with E-state index in [1.54, 1.807) is 0 Å². The molecule has 0 spiro atoms. The smallest absolute Gasteiger partial charge is 0.163 e. The Balaban J connectivity index is 1.36. The molecule has 0 unspecified atom stereocenters. The van der Waals surface area contributed by atoms with Gasteiger partial charge >= 0.3 is 0 Å². The first kappa shape index (κ1) is 17.6. The van der Waals surface area contributed by atoms with Gasteiger partial charge in [-0.1, -0.05) is 30.7 Å². The predicted molar refractivity (Wildman–Crippen MR) is 99.6 cm³/mol. The zero-order valence-electron chi connectivity index (χ0n) is 15.2. The lowest BCUT2D eigenvalue weighted by molar-refractivity contribution is 0.0885. The molecule has 3 nitrogen and oxygen atoms in total. The maximum Gasteiger partial charge on any atom is 0.163 e. The number of hydrogen-bond acceptors (Lipinski definition) is 3. The largest absolute Gasteiger partial charge is 0.303 e. The van der Waals surface area contributed by atoms with Crippen molar-refractivity contribution in [3.8, 4) is 0 Å². The van der Waals surface area contributed by atoms with E-state index in [-0.39, 0.29) is 0 Å². The van der Waals surface area contributed by atoms with Gasteiger partial charge in [-0.2, -0.15) is 0 Å². The first-order valence-corrected chi connectivity index (χ1v) is 9.79. The molecule has 0 aromatic heterocycles. The van der Waals surface area contributed by atoms with E-state index in [0.717, 1.165) is 30.1 Å². The highest BCUT2D eigenvalue weighted by Gasteiger charge is 2.25. The molecule has 3 heteroatoms. The molecular formula is C21H32N2O. The van der Waals surface area contributed by atoms with Gasteiger partial charge in [-0.3, -0.25) is 4.79 Å². The fourth-order valence-corrected chi connectivity index (χ4v) is 4.28. The quantitative estimate of drug-likeness (QED) is 0.740. The van der Waals surface area contributed by atoms with Crippen LogP contribution in [-0.4, -0.2) is 54.3 Å². The minimum Gasteiger partial charge on any atom is -0.303 e. The van der Waals surface area contributed by atoms with Gasteiger partial charge in [-0.25, -0.2) is 0 Å². The molecule has 0 saturated carbocycles. The minimum absolute atomic E-state index is 0.302. The third kappa shape index (κ3) is 4.67. The highest BCUT2D eigenvalue weighted by Crippen LogP contribution is 2.21. The summed E-state index contributed by atoms with van der Waals surface area (Å²) >= 11 is 0. The van der Waals surface area contributed by atoms with Crippen molar-refractivity contribution in [1.82, 2.24) is 9.80 Å². The predicted octanol–water partition coefficient (Wildman–Crippen LogP) is 3.91. The number of likely N-dealkylation sites (tertiary alicyclic amines) is 2. The molecule has 2 aliphatic heterocycles. The van der Waals surface area contributed by atoms with Crippen molar-refractivity contribution < 1.29 is 4.79 Å². The van der Waals surface area contributed by atoms with Gasteiger partial charge in [0.05, 0.1) is 0 Å². The highest BCUT2D eigenvalue weighted by molar-refractivity contribution is 5.97. The van der Waals surface area contributed by atoms with Crippen LogP contribution >= 0.6 is 0 Å². The summed E-state index contributed by atoms with van der Waals surface area (Å²) in [6.07, 6.45) is 8.49. The van der Waals surface area contributed by atoms with Gasteiger partial charge in [-0.15, -0.1) is 0 Å². The monoisotopic (exact) mass is 328 g/mol. The molecule has 24 heavy (non-hydrogen) atoms. The summed E-state index contributed by atoms with van der Waals surface area (Å²) < 4.78 is 0. The summed E-state index contributed by atoms with van der Waals surface area (Å²) in [7, 11) is 0. The molecule has 0 radical (unpaired) electrons. The van der Waals surface area contributed by atoms with Gasteiger partial charge in [0.25, 0.3) is 0 Å². The molecule has 0 amide bonds. The Labute approximate surface area is 147 Å². The number of aryl methyl sites for hydroxylation is 1. The van der Waals surface area contributed by atoms with Crippen molar-refractivity contribution in [2.75, 3.05) is 32.7 Å².